The van der Waals surface area contributed by atoms with Crippen molar-refractivity contribution in [1.29, 1.82) is 0 Å². The second-order valence-electron chi connectivity index (χ2n) is 3.82. The third kappa shape index (κ3) is 2.22. The van der Waals surface area contributed by atoms with Gasteiger partial charge in [0.1, 0.15) is 5.82 Å². The summed E-state index contributed by atoms with van der Waals surface area (Å²) in [5.74, 6) is -0.456. The van der Waals surface area contributed by atoms with Crippen molar-refractivity contribution in [3.63, 3.8) is 0 Å². The van der Waals surface area contributed by atoms with Crippen LogP contribution in [0.2, 0.25) is 0 Å². The molecule has 0 atom stereocenters. The van der Waals surface area contributed by atoms with E-state index in [-0.39, 0.29) is 11.6 Å². The highest BCUT2D eigenvalue weighted by atomic mass is 19.1. The van der Waals surface area contributed by atoms with Crippen molar-refractivity contribution >= 4 is 11.5 Å². The fourth-order valence-electron chi connectivity index (χ4n) is 1.79. The van der Waals surface area contributed by atoms with E-state index in [0.29, 0.717) is 37.6 Å². The van der Waals surface area contributed by atoms with Crippen LogP contribution in [0.4, 0.5) is 10.1 Å². The van der Waals surface area contributed by atoms with Gasteiger partial charge in [-0.1, -0.05) is 0 Å². The smallest absolute Gasteiger partial charge is 0.159 e. The minimum Gasteiger partial charge on any atom is -0.378 e. The molecule has 2 rings (SSSR count). The molecule has 3 nitrogen and oxygen atoms in total. The molecule has 0 saturated carbocycles. The molecule has 0 aromatic heterocycles. The monoisotopic (exact) mass is 223 g/mol. The summed E-state index contributed by atoms with van der Waals surface area (Å²) in [7, 11) is 0. The molecule has 1 aromatic carbocycles. The van der Waals surface area contributed by atoms with Crippen molar-refractivity contribution < 1.29 is 13.9 Å². The van der Waals surface area contributed by atoms with Gasteiger partial charge in [0, 0.05) is 18.7 Å². The third-order valence-electron chi connectivity index (χ3n) is 2.71. The maximum atomic E-state index is 13.8. The molecule has 1 heterocycles. The number of rotatable bonds is 2. The first-order valence-corrected chi connectivity index (χ1v) is 5.31. The SMILES string of the molecule is CC(=O)c1ccc(N2CCOCC2)c(F)c1. The molecule has 1 aromatic rings. The van der Waals surface area contributed by atoms with Crippen LogP contribution >= 0.6 is 0 Å². The molecule has 0 spiro atoms. The highest BCUT2D eigenvalue weighted by Gasteiger charge is 2.15. The second kappa shape index (κ2) is 4.61. The number of benzene rings is 1. The number of nitrogens with zero attached hydrogens (tertiary/aromatic N) is 1. The quantitative estimate of drug-likeness (QED) is 0.717. The Kier molecular flexibility index (Phi) is 3.19. The zero-order chi connectivity index (χ0) is 11.5. The second-order valence-corrected chi connectivity index (χ2v) is 3.82. The van der Waals surface area contributed by atoms with Crippen LogP contribution in [-0.2, 0) is 4.74 Å². The van der Waals surface area contributed by atoms with Gasteiger partial charge >= 0.3 is 0 Å². The summed E-state index contributed by atoms with van der Waals surface area (Å²) in [4.78, 5) is 13.0. The van der Waals surface area contributed by atoms with Gasteiger partial charge in [-0.25, -0.2) is 4.39 Å². The maximum absolute atomic E-state index is 13.8. The first-order valence-electron chi connectivity index (χ1n) is 5.31. The summed E-state index contributed by atoms with van der Waals surface area (Å²) in [6, 6.07) is 4.63. The lowest BCUT2D eigenvalue weighted by Gasteiger charge is -2.29. The molecule has 86 valence electrons. The van der Waals surface area contributed by atoms with E-state index in [1.165, 1.54) is 13.0 Å². The normalized spacial score (nSPS) is 16.2. The Bertz CT molecular complexity index is 400. The van der Waals surface area contributed by atoms with Gasteiger partial charge < -0.3 is 9.64 Å². The molecular formula is C12H14FNO2. The Morgan fingerprint density at radius 3 is 2.62 bits per heavy atom. The van der Waals surface area contributed by atoms with Gasteiger partial charge in [0.25, 0.3) is 0 Å². The van der Waals surface area contributed by atoms with E-state index in [1.807, 2.05) is 4.90 Å². The van der Waals surface area contributed by atoms with Crippen LogP contribution in [0.1, 0.15) is 17.3 Å². The number of carbonyl (C=O) groups is 1. The molecule has 1 aliphatic rings. The Balaban J connectivity index is 2.24. The van der Waals surface area contributed by atoms with Crippen molar-refractivity contribution in [3.05, 3.63) is 29.6 Å². The summed E-state index contributed by atoms with van der Waals surface area (Å²) in [6.07, 6.45) is 0. The van der Waals surface area contributed by atoms with E-state index in [4.69, 9.17) is 4.74 Å². The summed E-state index contributed by atoms with van der Waals surface area (Å²) in [5, 5.41) is 0. The van der Waals surface area contributed by atoms with Crippen molar-refractivity contribution in [3.8, 4) is 0 Å². The number of Topliss-reactive ketones (excluding diaryl/α,β-unsaturated/α-hetero) is 1. The Morgan fingerprint density at radius 2 is 2.06 bits per heavy atom. The molecule has 0 radical (unpaired) electrons. The van der Waals surface area contributed by atoms with Crippen molar-refractivity contribution in [1.82, 2.24) is 0 Å². The summed E-state index contributed by atoms with van der Waals surface area (Å²) in [5.41, 5.74) is 0.961. The Morgan fingerprint density at radius 1 is 1.38 bits per heavy atom. The van der Waals surface area contributed by atoms with E-state index in [1.54, 1.807) is 12.1 Å². The fourth-order valence-corrected chi connectivity index (χ4v) is 1.79. The number of hydrogen-bond donors (Lipinski definition) is 0. The number of hydrogen-bond acceptors (Lipinski definition) is 3. The number of morpholine rings is 1. The third-order valence-corrected chi connectivity index (χ3v) is 2.71. The largest absolute Gasteiger partial charge is 0.378 e. The van der Waals surface area contributed by atoms with Gasteiger partial charge in [0.05, 0.1) is 18.9 Å². The average molecular weight is 223 g/mol. The van der Waals surface area contributed by atoms with Gasteiger partial charge in [0.2, 0.25) is 0 Å². The molecule has 0 bridgehead atoms. The number of ether oxygens (including phenoxy) is 1. The van der Waals surface area contributed by atoms with Crippen LogP contribution in [-0.4, -0.2) is 32.1 Å². The highest BCUT2D eigenvalue weighted by molar-refractivity contribution is 5.94. The van der Waals surface area contributed by atoms with Gasteiger partial charge in [-0.05, 0) is 25.1 Å². The predicted molar refractivity (Wildman–Crippen MR) is 59.4 cm³/mol. The lowest BCUT2D eigenvalue weighted by atomic mass is 10.1. The van der Waals surface area contributed by atoms with Crippen LogP contribution in [0.25, 0.3) is 0 Å². The van der Waals surface area contributed by atoms with Crippen molar-refractivity contribution in [2.24, 2.45) is 0 Å². The topological polar surface area (TPSA) is 29.5 Å². The molecular weight excluding hydrogens is 209 g/mol. The highest BCUT2D eigenvalue weighted by Crippen LogP contribution is 2.21. The summed E-state index contributed by atoms with van der Waals surface area (Å²) >= 11 is 0. The zero-order valence-electron chi connectivity index (χ0n) is 9.20. The number of ketones is 1. The molecule has 0 aliphatic carbocycles. The molecule has 1 saturated heterocycles. The van der Waals surface area contributed by atoms with Crippen molar-refractivity contribution in [2.75, 3.05) is 31.2 Å². The number of carbonyl (C=O) groups excluding carboxylic acids is 1. The first-order chi connectivity index (χ1) is 7.68. The molecule has 4 heteroatoms. The van der Waals surface area contributed by atoms with Crippen LogP contribution in [0.15, 0.2) is 18.2 Å². The number of halogens is 1. The number of anilines is 1. The van der Waals surface area contributed by atoms with Gasteiger partial charge in [-0.15, -0.1) is 0 Å². The van der Waals surface area contributed by atoms with Gasteiger partial charge in [-0.3, -0.25) is 4.79 Å². The molecule has 16 heavy (non-hydrogen) atoms. The standard InChI is InChI=1S/C12H14FNO2/c1-9(15)10-2-3-12(11(13)8-10)14-4-6-16-7-5-14/h2-3,8H,4-7H2,1H3. The molecule has 0 amide bonds. The zero-order valence-corrected chi connectivity index (χ0v) is 9.20. The maximum Gasteiger partial charge on any atom is 0.159 e. The molecule has 0 unspecified atom stereocenters. The lowest BCUT2D eigenvalue weighted by Crippen LogP contribution is -2.36. The van der Waals surface area contributed by atoms with E-state index in [2.05, 4.69) is 0 Å². The minimum absolute atomic E-state index is 0.118. The fraction of sp³-hybridized carbons (Fsp3) is 0.417. The lowest BCUT2D eigenvalue weighted by molar-refractivity contribution is 0.101. The van der Waals surface area contributed by atoms with Crippen LogP contribution in [0, 0.1) is 5.82 Å². The van der Waals surface area contributed by atoms with Crippen LogP contribution < -0.4 is 4.90 Å². The van der Waals surface area contributed by atoms with E-state index in [0.717, 1.165) is 0 Å². The molecule has 0 N–H and O–H groups in total. The summed E-state index contributed by atoms with van der Waals surface area (Å²) in [6.45, 7) is 4.05. The van der Waals surface area contributed by atoms with Crippen molar-refractivity contribution in [2.45, 2.75) is 6.92 Å². The Hall–Kier alpha value is -1.42. The predicted octanol–water partition coefficient (Wildman–Crippen LogP) is 1.86. The summed E-state index contributed by atoms with van der Waals surface area (Å²) < 4.78 is 19.0. The van der Waals surface area contributed by atoms with Gasteiger partial charge in [-0.2, -0.15) is 0 Å². The van der Waals surface area contributed by atoms with Crippen LogP contribution in [0.5, 0.6) is 0 Å². The van der Waals surface area contributed by atoms with Gasteiger partial charge in [0.15, 0.2) is 5.78 Å². The molecule has 1 fully saturated rings. The minimum atomic E-state index is -0.338. The van der Waals surface area contributed by atoms with Crippen LogP contribution in [0.3, 0.4) is 0 Å². The van der Waals surface area contributed by atoms with E-state index >= 15 is 0 Å². The average Bonchev–Trinajstić information content (AvgIpc) is 2.30. The first kappa shape index (κ1) is 11.1. The van der Waals surface area contributed by atoms with E-state index < -0.39 is 0 Å². The van der Waals surface area contributed by atoms with E-state index in [9.17, 15) is 9.18 Å². The Labute approximate surface area is 93.8 Å². The molecule has 1 aliphatic heterocycles.